The number of methoxy groups -OCH3 is 1. The molecule has 5 heteroatoms. The zero-order valence-corrected chi connectivity index (χ0v) is 11.4. The second-order valence-electron chi connectivity index (χ2n) is 3.85. The van der Waals surface area contributed by atoms with Crippen molar-refractivity contribution in [1.82, 2.24) is 0 Å². The van der Waals surface area contributed by atoms with Gasteiger partial charge in [-0.3, -0.25) is 0 Å². The fraction of sp³-hybridized carbons (Fsp3) is 0.500. The Kier molecular flexibility index (Phi) is 5.49. The second-order valence-corrected chi connectivity index (χ2v) is 4.70. The minimum atomic E-state index is -0.808. The van der Waals surface area contributed by atoms with Gasteiger partial charge in [0.2, 0.25) is 0 Å². The highest BCUT2D eigenvalue weighted by molar-refractivity contribution is 9.10. The molecule has 1 aromatic carbocycles. The Balaban J connectivity index is 3.10. The molecule has 2 nitrogen and oxygen atoms in total. The van der Waals surface area contributed by atoms with Crippen molar-refractivity contribution in [2.24, 2.45) is 5.73 Å². The van der Waals surface area contributed by atoms with E-state index in [2.05, 4.69) is 15.9 Å². The maximum absolute atomic E-state index is 13.8. The Labute approximate surface area is 108 Å². The molecule has 1 aromatic rings. The lowest BCUT2D eigenvalue weighted by Crippen LogP contribution is -2.29. The summed E-state index contributed by atoms with van der Waals surface area (Å²) in [5, 5.41) is 0. The van der Waals surface area contributed by atoms with Crippen LogP contribution in [0.5, 0.6) is 0 Å². The minimum absolute atomic E-state index is 0.125. The van der Waals surface area contributed by atoms with Gasteiger partial charge in [-0.25, -0.2) is 8.78 Å². The van der Waals surface area contributed by atoms with E-state index in [0.29, 0.717) is 6.42 Å². The van der Waals surface area contributed by atoms with Crippen LogP contribution >= 0.6 is 15.9 Å². The molecule has 17 heavy (non-hydrogen) atoms. The third-order valence-corrected chi connectivity index (χ3v) is 3.30. The molecule has 0 spiro atoms. The van der Waals surface area contributed by atoms with E-state index in [9.17, 15) is 8.78 Å². The Hall–Kier alpha value is -0.520. The normalized spacial score (nSPS) is 14.7. The van der Waals surface area contributed by atoms with E-state index >= 15 is 0 Å². The van der Waals surface area contributed by atoms with Crippen LogP contribution in [0.2, 0.25) is 0 Å². The minimum Gasteiger partial charge on any atom is -0.379 e. The van der Waals surface area contributed by atoms with Gasteiger partial charge in [-0.1, -0.05) is 13.3 Å². The van der Waals surface area contributed by atoms with E-state index in [1.54, 1.807) is 0 Å². The molecular formula is C12H16BrF2NO. The van der Waals surface area contributed by atoms with Crippen molar-refractivity contribution in [3.05, 3.63) is 33.8 Å². The summed E-state index contributed by atoms with van der Waals surface area (Å²) in [5.41, 5.74) is 5.76. The number of ether oxygens (including phenoxy) is 1. The number of nitrogens with two attached hydrogens (primary N) is 1. The van der Waals surface area contributed by atoms with Crippen LogP contribution in [0.25, 0.3) is 0 Å². The van der Waals surface area contributed by atoms with Gasteiger partial charge in [0.05, 0.1) is 16.6 Å². The molecule has 0 fully saturated rings. The van der Waals surface area contributed by atoms with Crippen LogP contribution in [-0.4, -0.2) is 13.2 Å². The van der Waals surface area contributed by atoms with Crippen molar-refractivity contribution in [3.63, 3.8) is 0 Å². The van der Waals surface area contributed by atoms with Crippen molar-refractivity contribution in [2.45, 2.75) is 31.9 Å². The van der Waals surface area contributed by atoms with Gasteiger partial charge in [-0.05, 0) is 34.5 Å². The smallest absolute Gasteiger partial charge is 0.145 e. The molecule has 1 rings (SSSR count). The molecule has 2 atom stereocenters. The summed E-state index contributed by atoms with van der Waals surface area (Å²) in [7, 11) is 1.49. The molecule has 0 aliphatic heterocycles. The van der Waals surface area contributed by atoms with Crippen molar-refractivity contribution in [3.8, 4) is 0 Å². The molecule has 0 bridgehead atoms. The Bertz CT molecular complexity index is 387. The first-order valence-corrected chi connectivity index (χ1v) is 6.24. The predicted molar refractivity (Wildman–Crippen MR) is 66.7 cm³/mol. The zero-order chi connectivity index (χ0) is 13.0. The molecule has 96 valence electrons. The fourth-order valence-electron chi connectivity index (χ4n) is 1.76. The van der Waals surface area contributed by atoms with E-state index in [1.165, 1.54) is 19.2 Å². The van der Waals surface area contributed by atoms with Gasteiger partial charge in [-0.15, -0.1) is 0 Å². The number of hydrogen-bond donors (Lipinski definition) is 1. The van der Waals surface area contributed by atoms with Crippen molar-refractivity contribution < 1.29 is 13.5 Å². The van der Waals surface area contributed by atoms with Crippen LogP contribution in [0, 0.1) is 11.6 Å². The largest absolute Gasteiger partial charge is 0.379 e. The Morgan fingerprint density at radius 3 is 2.59 bits per heavy atom. The second kappa shape index (κ2) is 6.42. The van der Waals surface area contributed by atoms with Crippen LogP contribution in [-0.2, 0) is 4.74 Å². The highest BCUT2D eigenvalue weighted by Crippen LogP contribution is 2.29. The summed E-state index contributed by atoms with van der Waals surface area (Å²) < 4.78 is 32.8. The molecule has 0 saturated heterocycles. The van der Waals surface area contributed by atoms with E-state index in [4.69, 9.17) is 10.5 Å². The van der Waals surface area contributed by atoms with Crippen molar-refractivity contribution in [2.75, 3.05) is 7.11 Å². The van der Waals surface area contributed by atoms with Gasteiger partial charge >= 0.3 is 0 Å². The number of benzene rings is 1. The van der Waals surface area contributed by atoms with E-state index in [0.717, 1.165) is 6.42 Å². The quantitative estimate of drug-likeness (QED) is 0.844. The molecule has 0 amide bonds. The number of halogens is 3. The van der Waals surface area contributed by atoms with Gasteiger partial charge in [-0.2, -0.15) is 0 Å². The Morgan fingerprint density at radius 1 is 1.41 bits per heavy atom. The van der Waals surface area contributed by atoms with Crippen molar-refractivity contribution >= 4 is 15.9 Å². The highest BCUT2D eigenvalue weighted by atomic mass is 79.9. The Morgan fingerprint density at radius 2 is 2.06 bits per heavy atom. The first-order valence-electron chi connectivity index (χ1n) is 5.44. The summed E-state index contributed by atoms with van der Waals surface area (Å²) in [6.45, 7) is 1.96. The van der Waals surface area contributed by atoms with E-state index in [-0.39, 0.29) is 10.0 Å². The fourth-order valence-corrected chi connectivity index (χ4v) is 2.11. The molecule has 0 heterocycles. The highest BCUT2D eigenvalue weighted by Gasteiger charge is 2.25. The van der Waals surface area contributed by atoms with Crippen LogP contribution < -0.4 is 5.73 Å². The number of rotatable bonds is 5. The van der Waals surface area contributed by atoms with Crippen LogP contribution in [0.3, 0.4) is 0 Å². The number of hydrogen-bond acceptors (Lipinski definition) is 2. The van der Waals surface area contributed by atoms with E-state index < -0.39 is 23.8 Å². The van der Waals surface area contributed by atoms with Gasteiger partial charge < -0.3 is 10.5 Å². The maximum Gasteiger partial charge on any atom is 0.145 e. The molecule has 0 saturated carbocycles. The third kappa shape index (κ3) is 3.24. The topological polar surface area (TPSA) is 35.2 Å². The first-order chi connectivity index (χ1) is 8.02. The van der Waals surface area contributed by atoms with Crippen molar-refractivity contribution in [1.29, 1.82) is 0 Å². The SMILES string of the molecule is CCCC(OC)C(N)c1c(F)ccc(Br)c1F. The van der Waals surface area contributed by atoms with Crippen LogP contribution in [0.15, 0.2) is 16.6 Å². The predicted octanol–water partition coefficient (Wildman–Crippen LogP) is 3.54. The average Bonchev–Trinajstić information content (AvgIpc) is 2.31. The van der Waals surface area contributed by atoms with E-state index in [1.807, 2.05) is 6.92 Å². The maximum atomic E-state index is 13.8. The molecular weight excluding hydrogens is 292 g/mol. The molecule has 0 aliphatic carbocycles. The average molecular weight is 308 g/mol. The monoisotopic (exact) mass is 307 g/mol. The first kappa shape index (κ1) is 14.5. The summed E-state index contributed by atoms with van der Waals surface area (Å²) in [6.07, 6.45) is 1.10. The van der Waals surface area contributed by atoms with Crippen LogP contribution in [0.4, 0.5) is 8.78 Å². The summed E-state index contributed by atoms with van der Waals surface area (Å²) in [6, 6.07) is 1.71. The zero-order valence-electron chi connectivity index (χ0n) is 9.84. The lowest BCUT2D eigenvalue weighted by Gasteiger charge is -2.23. The third-order valence-electron chi connectivity index (χ3n) is 2.69. The summed E-state index contributed by atoms with van der Waals surface area (Å²) >= 11 is 3.02. The molecule has 0 aliphatic rings. The molecule has 2 N–H and O–H groups in total. The molecule has 2 unspecified atom stereocenters. The van der Waals surface area contributed by atoms with Gasteiger partial charge in [0.25, 0.3) is 0 Å². The lowest BCUT2D eigenvalue weighted by molar-refractivity contribution is 0.0704. The summed E-state index contributed by atoms with van der Waals surface area (Å²) in [4.78, 5) is 0. The van der Waals surface area contributed by atoms with Gasteiger partial charge in [0, 0.05) is 12.7 Å². The standard InChI is InChI=1S/C12H16BrF2NO/c1-3-4-9(17-2)12(16)10-8(14)6-5-7(13)11(10)15/h5-6,9,12H,3-4,16H2,1-2H3. The molecule has 0 aromatic heterocycles. The van der Waals surface area contributed by atoms with Crippen LogP contribution in [0.1, 0.15) is 31.4 Å². The molecule has 0 radical (unpaired) electrons. The van der Waals surface area contributed by atoms with Gasteiger partial charge in [0.1, 0.15) is 11.6 Å². The summed E-state index contributed by atoms with van der Waals surface area (Å²) in [5.74, 6) is -1.30. The van der Waals surface area contributed by atoms with Gasteiger partial charge in [0.15, 0.2) is 0 Å². The lowest BCUT2D eigenvalue weighted by atomic mass is 9.98.